The van der Waals surface area contributed by atoms with Crippen LogP contribution >= 0.6 is 23.2 Å². The van der Waals surface area contributed by atoms with Crippen molar-refractivity contribution in [3.05, 3.63) is 117 Å². The normalized spacial score (nSPS) is 27.4. The fourth-order valence-electron chi connectivity index (χ4n) is 14.6. The van der Waals surface area contributed by atoms with Crippen LogP contribution in [0.3, 0.4) is 0 Å². The van der Waals surface area contributed by atoms with Crippen LogP contribution in [0.2, 0.25) is 10.0 Å². The number of benzene rings is 5. The third-order valence-corrected chi connectivity index (χ3v) is 21.4. The average molecular weight is 1630 g/mol. The number of aliphatic carboxylic acids is 1. The Hall–Kier alpha value is -9.24. The van der Waals surface area contributed by atoms with Crippen molar-refractivity contribution >= 4 is 70.5 Å². The number of hydrogen-bond acceptors (Lipinski definition) is 26. The van der Waals surface area contributed by atoms with Crippen molar-refractivity contribution in [3.63, 3.8) is 0 Å². The number of aromatic hydroxyl groups is 3. The van der Waals surface area contributed by atoms with Crippen LogP contribution < -0.4 is 67.8 Å². The first kappa shape index (κ1) is 87.2. The number of amides is 7. The molecule has 36 heteroatoms. The van der Waals surface area contributed by atoms with E-state index in [0.29, 0.717) is 13.1 Å². The summed E-state index contributed by atoms with van der Waals surface area (Å²) in [6.07, 6.45) is -9.00. The number of nitrogens with one attached hydrogen (secondary N) is 9. The first-order valence-electron chi connectivity index (χ1n) is 37.9. The van der Waals surface area contributed by atoms with Gasteiger partial charge in [-0.2, -0.15) is 0 Å². The quantitative estimate of drug-likeness (QED) is 0.0352. The Kier molecular flexibility index (Phi) is 29.4. The molecule has 7 heterocycles. The maximum atomic E-state index is 16.2. The molecule has 5 aromatic carbocycles. The van der Waals surface area contributed by atoms with Gasteiger partial charge in [-0.3, -0.25) is 33.6 Å². The molecule has 1 unspecified atom stereocenters. The summed E-state index contributed by atoms with van der Waals surface area (Å²) in [6.45, 7) is 9.89. The number of likely N-dealkylation sites (N-methyl/N-ethyl adjacent to an activating group) is 1. The molecule has 2 fully saturated rings. The largest absolute Gasteiger partial charge is 0.508 e. The summed E-state index contributed by atoms with van der Waals surface area (Å²) >= 11 is 14.3. The summed E-state index contributed by atoms with van der Waals surface area (Å²) < 4.78 is 39.4. The molecule has 12 rings (SSSR count). The summed E-state index contributed by atoms with van der Waals surface area (Å²) in [5.74, 6) is -15.8. The smallest absolute Gasteiger partial charge is 0.330 e. The second kappa shape index (κ2) is 38.5. The van der Waals surface area contributed by atoms with Crippen LogP contribution in [0.25, 0.3) is 11.1 Å². The topological polar surface area (TPSA) is 529 Å². The molecule has 7 aliphatic heterocycles. The minimum absolute atomic E-state index is 0.0992. The molecule has 34 nitrogen and oxygen atoms in total. The van der Waals surface area contributed by atoms with Gasteiger partial charge in [0.25, 0.3) is 0 Å². The Bertz CT molecular complexity index is 4340. The van der Waals surface area contributed by atoms with Crippen LogP contribution in [0, 0.1) is 5.92 Å². The highest BCUT2D eigenvalue weighted by atomic mass is 35.5. The van der Waals surface area contributed by atoms with E-state index in [1.165, 1.54) is 51.3 Å². The lowest BCUT2D eigenvalue weighted by atomic mass is 9.85. The van der Waals surface area contributed by atoms with Gasteiger partial charge in [-0.25, -0.2) is 4.79 Å². The first-order valence-corrected chi connectivity index (χ1v) is 38.6. The Balaban J connectivity index is 1.15. The van der Waals surface area contributed by atoms with Crippen LogP contribution in [-0.2, 0) is 52.6 Å². The first-order chi connectivity index (χ1) is 54.2. The van der Waals surface area contributed by atoms with E-state index in [1.54, 1.807) is 13.8 Å². The number of carboxylic acid groups (broad SMARTS) is 1. The molecular weight excluding hydrogens is 1530 g/mol. The minimum Gasteiger partial charge on any atom is -0.508 e. The summed E-state index contributed by atoms with van der Waals surface area (Å²) in [4.78, 5) is 118. The van der Waals surface area contributed by atoms with Crippen molar-refractivity contribution < 1.29 is 118 Å². The van der Waals surface area contributed by atoms with Gasteiger partial charge < -0.3 is 133 Å². The molecule has 114 heavy (non-hydrogen) atoms. The molecule has 0 aromatic heterocycles. The van der Waals surface area contributed by atoms with Crippen molar-refractivity contribution in [2.24, 2.45) is 11.7 Å². The Morgan fingerprint density at radius 1 is 0.675 bits per heavy atom. The van der Waals surface area contributed by atoms with Crippen LogP contribution in [0.5, 0.6) is 46.0 Å². The zero-order valence-electron chi connectivity index (χ0n) is 63.5. The molecule has 18 atom stereocenters. The van der Waals surface area contributed by atoms with Crippen molar-refractivity contribution in [2.45, 2.75) is 214 Å². The fraction of sp³-hybridized carbons (Fsp3) is 0.513. The predicted molar refractivity (Wildman–Crippen MR) is 409 cm³/mol. The van der Waals surface area contributed by atoms with Gasteiger partial charge >= 0.3 is 5.97 Å². The fourth-order valence-corrected chi connectivity index (χ4v) is 15.0. The van der Waals surface area contributed by atoms with E-state index in [0.717, 1.165) is 92.5 Å². The number of primary amides is 1. The van der Waals surface area contributed by atoms with Gasteiger partial charge in [0.05, 0.1) is 41.3 Å². The molecule has 0 saturated carbocycles. The number of aliphatic hydroxyl groups is 6. The third-order valence-electron chi connectivity index (χ3n) is 20.8. The number of halogens is 2. The second-order valence-corrected chi connectivity index (χ2v) is 30.6. The van der Waals surface area contributed by atoms with Crippen molar-refractivity contribution in [1.82, 2.24) is 47.9 Å². The van der Waals surface area contributed by atoms with Crippen LogP contribution in [0.1, 0.15) is 163 Å². The highest BCUT2D eigenvalue weighted by molar-refractivity contribution is 6.32. The highest BCUT2D eigenvalue weighted by Crippen LogP contribution is 2.50. The van der Waals surface area contributed by atoms with Gasteiger partial charge in [0, 0.05) is 47.8 Å². The number of fused-ring (bicyclic) bond motifs is 15. The van der Waals surface area contributed by atoms with E-state index in [-0.39, 0.29) is 52.0 Å². The third kappa shape index (κ3) is 20.5. The molecule has 11 bridgehead atoms. The molecule has 2 saturated heterocycles. The molecule has 0 aliphatic carbocycles. The maximum Gasteiger partial charge on any atom is 0.330 e. The number of unbranched alkanes of at least 4 members (excludes halogenated alkanes) is 7. The maximum absolute atomic E-state index is 16.2. The minimum atomic E-state index is -2.35. The number of phenolic OH excluding ortho intramolecular Hbond substituents is 3. The monoisotopic (exact) mass is 1630 g/mol. The summed E-state index contributed by atoms with van der Waals surface area (Å²) in [5, 5.41) is 140. The molecule has 7 aliphatic rings. The second-order valence-electron chi connectivity index (χ2n) is 29.8. The van der Waals surface area contributed by atoms with Gasteiger partial charge in [-0.15, -0.1) is 0 Å². The van der Waals surface area contributed by atoms with Crippen molar-refractivity contribution in [3.8, 4) is 57.1 Å². The van der Waals surface area contributed by atoms with E-state index >= 15 is 14.4 Å². The number of aliphatic hydroxyl groups excluding tert-OH is 6. The molecule has 7 amide bonds. The number of nitrogens with two attached hydrogens (primary N) is 1. The summed E-state index contributed by atoms with van der Waals surface area (Å²) in [6, 6.07) is -0.453. The molecule has 620 valence electrons. The van der Waals surface area contributed by atoms with Gasteiger partial charge in [-0.1, -0.05) is 107 Å². The lowest BCUT2D eigenvalue weighted by Crippen LogP contribution is -2.65. The van der Waals surface area contributed by atoms with E-state index in [4.69, 9.17) is 57.4 Å². The zero-order chi connectivity index (χ0) is 82.7. The van der Waals surface area contributed by atoms with Crippen LogP contribution in [0.4, 0.5) is 0 Å². The zero-order valence-corrected chi connectivity index (χ0v) is 65.0. The standard InChI is InChI=1S/C78H100Cl2N10O24/c1-7-8-9-10-11-12-13-14-21-83-22-23-84-78(5)33-56(109-36(4)69(78)100)113-68-66(99)65(98)54(34-91)112-77(68)114-67-52-28-40-29-53(67)111-51-20-17-39(27-45(51)80)64(97)62-75(106)88-60(76(107)108)43-30-41(92)31-49(94)57(43)42-25-37(15-18-48(42)93)58(72(103)90-62)87-73(104)59(40)86-71(102)47(32-55(81)95)85-74(105)61(89-70(101)46(82-6)24-35(2)3)63(96)38-16-19-50(110-52)44(79)26-38/h15-20,25-31,35-36,46-47,54,56,58-66,68-69,77,82-84,91-94,96-100H,7-14,21-24,32-34H2,1-6H3,(H2,81,95)(H,85,105)(H,86,102)(H,87,104)(H,88,106)(H,89,101)(H,90,103)(H,107,108)/t36-,46+,47-,54+,56-,58+,59+,60?,61+,62-,63+,64+,65+,66-,68+,69+,77-,78-/m0/s1. The molecule has 5 aromatic rings. The van der Waals surface area contributed by atoms with Gasteiger partial charge in [0.1, 0.15) is 89.5 Å². The van der Waals surface area contributed by atoms with Gasteiger partial charge in [-0.05, 0) is 123 Å². The Morgan fingerprint density at radius 3 is 1.90 bits per heavy atom. The van der Waals surface area contributed by atoms with Crippen molar-refractivity contribution in [1.29, 1.82) is 0 Å². The van der Waals surface area contributed by atoms with Crippen LogP contribution in [-0.4, -0.2) is 211 Å². The Morgan fingerprint density at radius 2 is 1.29 bits per heavy atom. The lowest BCUT2D eigenvalue weighted by molar-refractivity contribution is -0.334. The van der Waals surface area contributed by atoms with E-state index in [2.05, 4.69) is 54.8 Å². The number of phenols is 3. The summed E-state index contributed by atoms with van der Waals surface area (Å²) in [5.41, 5.74) is 1.85. The number of rotatable bonds is 26. The van der Waals surface area contributed by atoms with E-state index in [1.807, 2.05) is 13.8 Å². The molecule has 0 spiro atoms. The molecule has 21 N–H and O–H groups in total. The molecule has 0 radical (unpaired) electrons. The number of hydrogen-bond donors (Lipinski definition) is 20. The number of carbonyl (C=O) groups excluding carboxylic acids is 7. The van der Waals surface area contributed by atoms with E-state index < -0.39 is 231 Å². The number of carboxylic acids is 1. The van der Waals surface area contributed by atoms with Crippen molar-refractivity contribution in [2.75, 3.05) is 33.3 Å². The highest BCUT2D eigenvalue weighted by Gasteiger charge is 2.52. The predicted octanol–water partition coefficient (Wildman–Crippen LogP) is 3.47. The van der Waals surface area contributed by atoms with Gasteiger partial charge in [0.2, 0.25) is 53.4 Å². The summed E-state index contributed by atoms with van der Waals surface area (Å²) in [7, 11) is 1.48. The molecular formula is C78H100Cl2N10O24. The Labute approximate surface area is 666 Å². The lowest BCUT2D eigenvalue weighted by Gasteiger charge is -2.48. The van der Waals surface area contributed by atoms with Crippen LogP contribution in [0.15, 0.2) is 78.9 Å². The SMILES string of the molecule is CCCCCCCCCCNCCN[C@@]1(C)C[C@H](O[C@H]2[C@H](Oc3c4cc5cc3Oc3ccc(cc3Cl)[C@@H](O)[C@@H](NC(=O)[C@@H](CC(C)C)NC)C(=O)N[C@@H](CC(N)=O)C(=O)N[C@H]5C(=O)N[C@H]3C(=O)N[C@H](C(=O)NC(C(=O)O)c5cc(O)cc(O)c5-c5cc3ccc5O)[C@H](O)c3ccc(c(Cl)c3)O4)O[C@H](CO)[C@@H](O)[C@@H]2O)O[C@@H](C)[C@H]1O. The average Bonchev–Trinajstić information content (AvgIpc) is 0.771. The van der Waals surface area contributed by atoms with Gasteiger partial charge in [0.15, 0.2) is 29.9 Å². The number of carbonyl (C=O) groups is 8. The van der Waals surface area contributed by atoms with E-state index in [9.17, 15) is 75.0 Å². The number of ether oxygens (including phenoxy) is 6.